The molecule has 10 heteroatoms. The maximum atomic E-state index is 13.5. The van der Waals surface area contributed by atoms with Crippen LogP contribution in [-0.2, 0) is 19.6 Å². The first-order valence-electron chi connectivity index (χ1n) is 9.77. The molecular formula is C20H24ClFN2O5S. The SMILES string of the molecule is CC1=CCCCC1S(=O)(=O)N(COC(=O)N1CCC[C@@H]1C=O)c1ccc(F)cc1Cl. The molecule has 3 rings (SSSR count). The average Bonchev–Trinajstić information content (AvgIpc) is 3.18. The Labute approximate surface area is 180 Å². The van der Waals surface area contributed by atoms with Crippen LogP contribution >= 0.6 is 11.6 Å². The molecule has 0 radical (unpaired) electrons. The second-order valence-corrected chi connectivity index (χ2v) is 9.88. The van der Waals surface area contributed by atoms with E-state index in [0.29, 0.717) is 44.1 Å². The molecule has 1 amide bonds. The summed E-state index contributed by atoms with van der Waals surface area (Å²) in [4.78, 5) is 24.9. The first kappa shape index (κ1) is 22.6. The fourth-order valence-electron chi connectivity index (χ4n) is 3.85. The highest BCUT2D eigenvalue weighted by Crippen LogP contribution is 2.34. The molecule has 2 aliphatic rings. The number of carbonyl (C=O) groups is 2. The summed E-state index contributed by atoms with van der Waals surface area (Å²) < 4.78 is 46.6. The van der Waals surface area contributed by atoms with Crippen molar-refractivity contribution in [1.82, 2.24) is 4.90 Å². The summed E-state index contributed by atoms with van der Waals surface area (Å²) >= 11 is 6.14. The first-order chi connectivity index (χ1) is 14.3. The van der Waals surface area contributed by atoms with E-state index in [1.54, 1.807) is 6.92 Å². The molecule has 30 heavy (non-hydrogen) atoms. The Morgan fingerprint density at radius 3 is 2.80 bits per heavy atom. The number of amides is 1. The van der Waals surface area contributed by atoms with Gasteiger partial charge in [-0.25, -0.2) is 21.9 Å². The number of halogens is 2. The molecule has 1 heterocycles. The van der Waals surface area contributed by atoms with E-state index in [2.05, 4.69) is 0 Å². The molecule has 1 fully saturated rings. The maximum absolute atomic E-state index is 13.5. The number of ether oxygens (including phenoxy) is 1. The Bertz CT molecular complexity index is 953. The molecule has 0 spiro atoms. The number of anilines is 1. The molecule has 0 aromatic heterocycles. The second-order valence-electron chi connectivity index (χ2n) is 7.44. The summed E-state index contributed by atoms with van der Waals surface area (Å²) in [5, 5.41) is -0.903. The van der Waals surface area contributed by atoms with E-state index < -0.39 is 40.0 Å². The van der Waals surface area contributed by atoms with Crippen LogP contribution in [0.15, 0.2) is 29.8 Å². The number of allylic oxidation sites excluding steroid dienone is 1. The molecule has 1 aliphatic carbocycles. The molecule has 0 saturated carbocycles. The van der Waals surface area contributed by atoms with Gasteiger partial charge in [0.05, 0.1) is 16.8 Å². The van der Waals surface area contributed by atoms with Gasteiger partial charge in [0.1, 0.15) is 17.4 Å². The summed E-state index contributed by atoms with van der Waals surface area (Å²) in [6, 6.07) is 2.77. The van der Waals surface area contributed by atoms with Crippen LogP contribution in [-0.4, -0.2) is 50.3 Å². The van der Waals surface area contributed by atoms with Crippen molar-refractivity contribution in [2.75, 3.05) is 17.6 Å². The van der Waals surface area contributed by atoms with E-state index in [4.69, 9.17) is 16.3 Å². The van der Waals surface area contributed by atoms with Crippen molar-refractivity contribution in [2.45, 2.75) is 50.3 Å². The second kappa shape index (κ2) is 9.34. The molecule has 1 aromatic rings. The van der Waals surface area contributed by atoms with E-state index in [9.17, 15) is 22.4 Å². The number of hydrogen-bond donors (Lipinski definition) is 0. The molecular weight excluding hydrogens is 435 g/mol. The predicted octanol–water partition coefficient (Wildman–Crippen LogP) is 3.87. The zero-order valence-corrected chi connectivity index (χ0v) is 18.2. The molecule has 164 valence electrons. The summed E-state index contributed by atoms with van der Waals surface area (Å²) in [6.07, 6.45) is 4.91. The van der Waals surface area contributed by atoms with Gasteiger partial charge in [-0.2, -0.15) is 0 Å². The lowest BCUT2D eigenvalue weighted by molar-refractivity contribution is -0.111. The van der Waals surface area contributed by atoms with E-state index >= 15 is 0 Å². The van der Waals surface area contributed by atoms with Crippen LogP contribution in [0.3, 0.4) is 0 Å². The minimum absolute atomic E-state index is 0.0256. The van der Waals surface area contributed by atoms with Gasteiger partial charge in [0.25, 0.3) is 0 Å². The molecule has 1 unspecified atom stereocenters. The third kappa shape index (κ3) is 4.62. The van der Waals surface area contributed by atoms with Gasteiger partial charge < -0.3 is 9.53 Å². The van der Waals surface area contributed by atoms with Crippen molar-refractivity contribution in [1.29, 1.82) is 0 Å². The number of likely N-dealkylation sites (tertiary alicyclic amines) is 1. The summed E-state index contributed by atoms with van der Waals surface area (Å²) in [5.41, 5.74) is 0.731. The van der Waals surface area contributed by atoms with Gasteiger partial charge in [-0.05, 0) is 57.2 Å². The van der Waals surface area contributed by atoms with Gasteiger partial charge in [0.15, 0.2) is 6.73 Å². The fraction of sp³-hybridized carbons (Fsp3) is 0.500. The summed E-state index contributed by atoms with van der Waals surface area (Å²) in [5.74, 6) is -0.613. The van der Waals surface area contributed by atoms with E-state index in [1.807, 2.05) is 6.08 Å². The van der Waals surface area contributed by atoms with E-state index in [0.717, 1.165) is 22.9 Å². The van der Waals surface area contributed by atoms with Crippen LogP contribution < -0.4 is 4.31 Å². The number of carbonyl (C=O) groups excluding carboxylic acids is 2. The van der Waals surface area contributed by atoms with Crippen LogP contribution in [0.4, 0.5) is 14.9 Å². The quantitative estimate of drug-likeness (QED) is 0.367. The van der Waals surface area contributed by atoms with Crippen molar-refractivity contribution in [3.05, 3.63) is 40.7 Å². The van der Waals surface area contributed by atoms with Gasteiger partial charge in [0, 0.05) is 6.54 Å². The van der Waals surface area contributed by atoms with Crippen molar-refractivity contribution in [2.24, 2.45) is 0 Å². The van der Waals surface area contributed by atoms with Gasteiger partial charge in [-0.3, -0.25) is 4.90 Å². The maximum Gasteiger partial charge on any atom is 0.412 e. The third-order valence-electron chi connectivity index (χ3n) is 5.49. The van der Waals surface area contributed by atoms with Crippen LogP contribution in [0.2, 0.25) is 5.02 Å². The molecule has 0 bridgehead atoms. The topological polar surface area (TPSA) is 84.0 Å². The minimum Gasteiger partial charge on any atom is -0.427 e. The Balaban J connectivity index is 1.90. The zero-order valence-electron chi connectivity index (χ0n) is 16.6. The van der Waals surface area contributed by atoms with Crippen LogP contribution in [0, 0.1) is 5.82 Å². The predicted molar refractivity (Wildman–Crippen MR) is 111 cm³/mol. The van der Waals surface area contributed by atoms with Crippen LogP contribution in [0.25, 0.3) is 0 Å². The van der Waals surface area contributed by atoms with Gasteiger partial charge >= 0.3 is 6.09 Å². The number of rotatable bonds is 6. The molecule has 0 N–H and O–H groups in total. The van der Waals surface area contributed by atoms with Crippen molar-refractivity contribution in [3.8, 4) is 0 Å². The highest BCUT2D eigenvalue weighted by Gasteiger charge is 2.37. The fourth-order valence-corrected chi connectivity index (χ4v) is 6.14. The largest absolute Gasteiger partial charge is 0.427 e. The molecule has 7 nitrogen and oxygen atoms in total. The van der Waals surface area contributed by atoms with E-state index in [-0.39, 0.29) is 10.7 Å². The van der Waals surface area contributed by atoms with E-state index in [1.165, 1.54) is 11.0 Å². The molecule has 1 aromatic carbocycles. The average molecular weight is 459 g/mol. The van der Waals surface area contributed by atoms with Gasteiger partial charge in [-0.15, -0.1) is 0 Å². The standard InChI is InChI=1S/C20H24ClFN2O5S/c1-14-5-2-3-7-19(14)30(27,28)24(18-9-8-15(22)11-17(18)21)13-29-20(26)23-10-4-6-16(23)12-25/h5,8-9,11-12,16,19H,2-4,6-7,10,13H2,1H3/t16-,19?/m1/s1. The Kier molecular flexibility index (Phi) is 7.02. The number of nitrogens with zero attached hydrogens (tertiary/aromatic N) is 2. The molecule has 1 saturated heterocycles. The lowest BCUT2D eigenvalue weighted by Crippen LogP contribution is -2.44. The number of aldehydes is 1. The highest BCUT2D eigenvalue weighted by molar-refractivity contribution is 7.93. The minimum atomic E-state index is -4.01. The molecule has 2 atom stereocenters. The van der Waals surface area contributed by atoms with Crippen LogP contribution in [0.5, 0.6) is 0 Å². The van der Waals surface area contributed by atoms with Gasteiger partial charge in [-0.1, -0.05) is 23.3 Å². The summed E-state index contributed by atoms with van der Waals surface area (Å²) in [7, 11) is -4.01. The highest BCUT2D eigenvalue weighted by atomic mass is 35.5. The van der Waals surface area contributed by atoms with Crippen LogP contribution in [0.1, 0.15) is 39.0 Å². The Hall–Kier alpha value is -2.13. The smallest absolute Gasteiger partial charge is 0.412 e. The number of benzene rings is 1. The lowest BCUT2D eigenvalue weighted by atomic mass is 10.0. The normalized spacial score (nSPS) is 21.8. The monoisotopic (exact) mass is 458 g/mol. The van der Waals surface area contributed by atoms with Crippen molar-refractivity contribution >= 4 is 39.7 Å². The van der Waals surface area contributed by atoms with Gasteiger partial charge in [0.2, 0.25) is 10.0 Å². The third-order valence-corrected chi connectivity index (χ3v) is 8.03. The Morgan fingerprint density at radius 2 is 2.13 bits per heavy atom. The Morgan fingerprint density at radius 1 is 1.37 bits per heavy atom. The summed E-state index contributed by atoms with van der Waals surface area (Å²) in [6.45, 7) is 1.48. The number of sulfonamides is 1. The number of hydrogen-bond acceptors (Lipinski definition) is 5. The lowest BCUT2D eigenvalue weighted by Gasteiger charge is -2.32. The zero-order chi connectivity index (χ0) is 21.9. The van der Waals surface area contributed by atoms with Crippen molar-refractivity contribution < 1.29 is 27.1 Å². The van der Waals surface area contributed by atoms with Crippen molar-refractivity contribution in [3.63, 3.8) is 0 Å². The first-order valence-corrected chi connectivity index (χ1v) is 11.7. The molecule has 1 aliphatic heterocycles.